The van der Waals surface area contributed by atoms with Gasteiger partial charge in [-0.1, -0.05) is 6.07 Å². The molecule has 0 radical (unpaired) electrons. The van der Waals surface area contributed by atoms with Gasteiger partial charge < -0.3 is 25.0 Å². The Morgan fingerprint density at radius 1 is 1.30 bits per heavy atom. The highest BCUT2D eigenvalue weighted by Crippen LogP contribution is 2.62. The molecule has 4 rings (SSSR count). The number of phenols is 1. The molecule has 23 heavy (non-hydrogen) atoms. The third kappa shape index (κ3) is 1.63. The van der Waals surface area contributed by atoms with E-state index in [0.29, 0.717) is 25.0 Å². The molecular formula is C18H25NO4. The van der Waals surface area contributed by atoms with E-state index in [-0.39, 0.29) is 11.8 Å². The molecule has 126 valence electrons. The maximum atomic E-state index is 11.8. The van der Waals surface area contributed by atoms with Crippen LogP contribution in [0.1, 0.15) is 37.3 Å². The van der Waals surface area contributed by atoms with Crippen LogP contribution in [0.5, 0.6) is 11.5 Å². The molecule has 1 saturated carbocycles. The highest BCUT2D eigenvalue weighted by atomic mass is 16.5. The number of aryl methyl sites for hydroxylation is 1. The topological polar surface area (TPSA) is 73.2 Å². The number of aliphatic hydroxyl groups excluding tert-OH is 1. The average molecular weight is 319 g/mol. The summed E-state index contributed by atoms with van der Waals surface area (Å²) >= 11 is 0. The first kappa shape index (κ1) is 15.2. The minimum atomic E-state index is -0.978. The Kier molecular flexibility index (Phi) is 3.06. The molecule has 1 aliphatic carbocycles. The lowest BCUT2D eigenvalue weighted by Gasteiger charge is -2.60. The van der Waals surface area contributed by atoms with Gasteiger partial charge in [-0.2, -0.15) is 0 Å². The number of hydrogen-bond donors (Lipinski definition) is 3. The number of benzene rings is 1. The van der Waals surface area contributed by atoms with Gasteiger partial charge in [-0.3, -0.25) is 0 Å². The Labute approximate surface area is 136 Å². The van der Waals surface area contributed by atoms with Crippen molar-refractivity contribution in [2.75, 3.05) is 13.6 Å². The molecule has 2 aliphatic heterocycles. The van der Waals surface area contributed by atoms with Crippen molar-refractivity contribution in [1.82, 2.24) is 4.90 Å². The molecule has 3 N–H and O–H groups in total. The van der Waals surface area contributed by atoms with E-state index in [1.54, 1.807) is 6.07 Å². The normalized spacial score (nSPS) is 42.6. The second kappa shape index (κ2) is 4.62. The highest BCUT2D eigenvalue weighted by Gasteiger charge is 2.69. The minimum absolute atomic E-state index is 0.0393. The van der Waals surface area contributed by atoms with Crippen LogP contribution in [-0.4, -0.2) is 57.7 Å². The number of aromatic hydroxyl groups is 1. The molecule has 3 aliphatic rings. The Bertz CT molecular complexity index is 663. The molecule has 2 heterocycles. The number of fused-ring (bicyclic) bond motifs is 1. The molecule has 5 nitrogen and oxygen atoms in total. The second-order valence-corrected chi connectivity index (χ2v) is 7.55. The molecule has 5 heteroatoms. The zero-order chi connectivity index (χ0) is 16.6. The predicted octanol–water partition coefficient (Wildman–Crippen LogP) is 1.31. The van der Waals surface area contributed by atoms with Crippen molar-refractivity contribution < 1.29 is 20.1 Å². The lowest BCUT2D eigenvalue weighted by Crippen LogP contribution is -2.74. The van der Waals surface area contributed by atoms with Gasteiger partial charge in [0.2, 0.25) is 0 Å². The van der Waals surface area contributed by atoms with Crippen LogP contribution in [0, 0.1) is 6.92 Å². The van der Waals surface area contributed by atoms with Crippen molar-refractivity contribution in [3.05, 3.63) is 23.3 Å². The lowest BCUT2D eigenvalue weighted by molar-refractivity contribution is -0.196. The van der Waals surface area contributed by atoms with Gasteiger partial charge in [0.25, 0.3) is 0 Å². The molecule has 1 aromatic carbocycles. The van der Waals surface area contributed by atoms with E-state index in [4.69, 9.17) is 4.74 Å². The summed E-state index contributed by atoms with van der Waals surface area (Å²) < 4.78 is 6.07. The average Bonchev–Trinajstić information content (AvgIpc) is 2.89. The number of hydrogen-bond acceptors (Lipinski definition) is 5. The van der Waals surface area contributed by atoms with E-state index in [0.717, 1.165) is 17.7 Å². The van der Waals surface area contributed by atoms with E-state index >= 15 is 0 Å². The summed E-state index contributed by atoms with van der Waals surface area (Å²) in [5.41, 5.74) is 0.260. The number of piperidine rings is 1. The number of rotatable bonds is 0. The zero-order valence-corrected chi connectivity index (χ0v) is 13.9. The Balaban J connectivity index is 2.00. The second-order valence-electron chi connectivity index (χ2n) is 7.55. The number of ether oxygens (including phenoxy) is 1. The number of phenolic OH excluding ortho intramolecular Hbond substituents is 1. The first-order chi connectivity index (χ1) is 10.8. The van der Waals surface area contributed by atoms with Gasteiger partial charge in [0.15, 0.2) is 11.5 Å². The van der Waals surface area contributed by atoms with Gasteiger partial charge in [-0.15, -0.1) is 0 Å². The van der Waals surface area contributed by atoms with Crippen molar-refractivity contribution in [2.45, 2.75) is 62.4 Å². The molecule has 0 amide bonds. The molecule has 2 fully saturated rings. The third-order valence-corrected chi connectivity index (χ3v) is 6.68. The lowest BCUT2D eigenvalue weighted by atomic mass is 9.52. The monoisotopic (exact) mass is 319 g/mol. The van der Waals surface area contributed by atoms with Crippen molar-refractivity contribution in [1.29, 1.82) is 0 Å². The molecule has 5 atom stereocenters. The molecule has 0 bridgehead atoms. The first-order valence-corrected chi connectivity index (χ1v) is 8.43. The molecule has 5 unspecified atom stereocenters. The summed E-state index contributed by atoms with van der Waals surface area (Å²) in [4.78, 5) is 2.18. The number of likely N-dealkylation sites (N-methyl/N-ethyl adjacent to an activating group) is 1. The summed E-state index contributed by atoms with van der Waals surface area (Å²) in [7, 11) is 2.03. The van der Waals surface area contributed by atoms with Crippen molar-refractivity contribution in [3.8, 4) is 11.5 Å². The van der Waals surface area contributed by atoms with Gasteiger partial charge in [0, 0.05) is 11.6 Å². The van der Waals surface area contributed by atoms with E-state index < -0.39 is 23.2 Å². The summed E-state index contributed by atoms with van der Waals surface area (Å²) in [6.07, 6.45) is 0.628. The van der Waals surface area contributed by atoms with Gasteiger partial charge in [0.05, 0.1) is 17.1 Å². The fourth-order valence-electron chi connectivity index (χ4n) is 5.30. The third-order valence-electron chi connectivity index (χ3n) is 6.68. The summed E-state index contributed by atoms with van der Waals surface area (Å²) in [5.74, 6) is 0.543. The number of likely N-dealkylation sites (tertiary alicyclic amines) is 1. The standard InChI is InChI=1S/C18H25NO4/c1-10-4-5-12(20)15-14(10)17-8-9-19(3)11(2)18(17,22)7-6-13(21)16(17)23-15/h4-5,11,13,16,20-22H,6-9H2,1-3H3. The van der Waals surface area contributed by atoms with Crippen LogP contribution in [0.3, 0.4) is 0 Å². The largest absolute Gasteiger partial charge is 0.504 e. The molecule has 1 saturated heterocycles. The SMILES string of the molecule is Cc1ccc(O)c2c1C13CCN(C)C(C)C1(O)CCC(O)C3O2. The maximum Gasteiger partial charge on any atom is 0.165 e. The van der Waals surface area contributed by atoms with Crippen LogP contribution in [-0.2, 0) is 5.41 Å². The van der Waals surface area contributed by atoms with Crippen LogP contribution < -0.4 is 4.74 Å². The Morgan fingerprint density at radius 3 is 2.78 bits per heavy atom. The van der Waals surface area contributed by atoms with E-state index in [2.05, 4.69) is 4.90 Å². The number of aliphatic hydroxyl groups is 2. The van der Waals surface area contributed by atoms with Crippen molar-refractivity contribution in [2.24, 2.45) is 0 Å². The smallest absolute Gasteiger partial charge is 0.165 e. The van der Waals surface area contributed by atoms with Gasteiger partial charge >= 0.3 is 0 Å². The van der Waals surface area contributed by atoms with E-state index in [9.17, 15) is 15.3 Å². The summed E-state index contributed by atoms with van der Waals surface area (Å²) in [6.45, 7) is 4.86. The van der Waals surface area contributed by atoms with Crippen molar-refractivity contribution >= 4 is 0 Å². The minimum Gasteiger partial charge on any atom is -0.504 e. The van der Waals surface area contributed by atoms with Crippen LogP contribution in [0.25, 0.3) is 0 Å². The fourth-order valence-corrected chi connectivity index (χ4v) is 5.30. The quantitative estimate of drug-likeness (QED) is 0.672. The fraction of sp³-hybridized carbons (Fsp3) is 0.667. The molecular weight excluding hydrogens is 294 g/mol. The maximum absolute atomic E-state index is 11.8. The predicted molar refractivity (Wildman–Crippen MR) is 85.8 cm³/mol. The molecule has 1 spiro atoms. The van der Waals surface area contributed by atoms with Crippen LogP contribution in [0.4, 0.5) is 0 Å². The Morgan fingerprint density at radius 2 is 2.04 bits per heavy atom. The van der Waals surface area contributed by atoms with Gasteiger partial charge in [-0.05, 0) is 58.3 Å². The van der Waals surface area contributed by atoms with Gasteiger partial charge in [0.1, 0.15) is 6.10 Å². The summed E-state index contributed by atoms with van der Waals surface area (Å²) in [5, 5.41) is 32.6. The first-order valence-electron chi connectivity index (χ1n) is 8.43. The van der Waals surface area contributed by atoms with Crippen LogP contribution in [0.2, 0.25) is 0 Å². The van der Waals surface area contributed by atoms with E-state index in [1.165, 1.54) is 0 Å². The number of nitrogens with zero attached hydrogens (tertiary/aromatic N) is 1. The molecule has 0 aromatic heterocycles. The van der Waals surface area contributed by atoms with E-state index in [1.807, 2.05) is 27.0 Å². The van der Waals surface area contributed by atoms with Crippen molar-refractivity contribution in [3.63, 3.8) is 0 Å². The molecule has 1 aromatic rings. The highest BCUT2D eigenvalue weighted by molar-refractivity contribution is 5.60. The van der Waals surface area contributed by atoms with Crippen LogP contribution >= 0.6 is 0 Å². The van der Waals surface area contributed by atoms with Gasteiger partial charge in [-0.25, -0.2) is 0 Å². The summed E-state index contributed by atoms with van der Waals surface area (Å²) in [6, 6.07) is 3.47. The Hall–Kier alpha value is -1.30. The zero-order valence-electron chi connectivity index (χ0n) is 13.9. The van der Waals surface area contributed by atoms with Crippen LogP contribution in [0.15, 0.2) is 12.1 Å².